The van der Waals surface area contributed by atoms with E-state index >= 15 is 0 Å². The Hall–Kier alpha value is -5.00. The van der Waals surface area contributed by atoms with Crippen molar-refractivity contribution in [1.82, 2.24) is 25.2 Å². The minimum Gasteiger partial charge on any atom is -0.482 e. The van der Waals surface area contributed by atoms with Gasteiger partial charge >= 0.3 is 0 Å². The first-order chi connectivity index (χ1) is 19.4. The molecular weight excluding hydrogens is 517 g/mol. The molecule has 0 radical (unpaired) electrons. The predicted molar refractivity (Wildman–Crippen MR) is 143 cm³/mol. The van der Waals surface area contributed by atoms with Crippen molar-refractivity contribution >= 4 is 40.1 Å². The summed E-state index contributed by atoms with van der Waals surface area (Å²) in [4.78, 5) is 53.8. The van der Waals surface area contributed by atoms with Crippen LogP contribution in [-0.2, 0) is 11.3 Å². The van der Waals surface area contributed by atoms with Crippen LogP contribution in [0.15, 0.2) is 55.0 Å². The quantitative estimate of drug-likeness (QED) is 0.354. The third-order valence-electron chi connectivity index (χ3n) is 7.70. The molecule has 3 aliphatic rings. The van der Waals surface area contributed by atoms with Gasteiger partial charge < -0.3 is 30.2 Å². The van der Waals surface area contributed by atoms with Gasteiger partial charge in [-0.3, -0.25) is 14.4 Å². The zero-order chi connectivity index (χ0) is 27.4. The maximum Gasteiger partial charge on any atom is 0.272 e. The fourth-order valence-corrected chi connectivity index (χ4v) is 5.80. The van der Waals surface area contributed by atoms with Gasteiger partial charge in [0, 0.05) is 37.6 Å². The fourth-order valence-electron chi connectivity index (χ4n) is 5.80. The van der Waals surface area contributed by atoms with Crippen molar-refractivity contribution in [2.24, 2.45) is 0 Å². The lowest BCUT2D eigenvalue weighted by molar-refractivity contribution is -0.118. The molecule has 2 atom stereocenters. The van der Waals surface area contributed by atoms with E-state index in [1.165, 1.54) is 18.5 Å². The first-order valence-electron chi connectivity index (χ1n) is 12.9. The fraction of sp³-hybridized carbons (Fsp3) is 0.250. The minimum absolute atomic E-state index is 0.0269. The number of amides is 3. The highest BCUT2D eigenvalue weighted by molar-refractivity contribution is 6.10. The summed E-state index contributed by atoms with van der Waals surface area (Å²) in [5.74, 6) is -0.517. The summed E-state index contributed by atoms with van der Waals surface area (Å²) in [6, 6.07) is 11.9. The number of benzene rings is 2. The Morgan fingerprint density at radius 1 is 1.10 bits per heavy atom. The molecule has 2 saturated heterocycles. The number of nitrogens with zero attached hydrogens (tertiary/aromatic N) is 4. The van der Waals surface area contributed by atoms with E-state index in [1.807, 2.05) is 4.90 Å². The predicted octanol–water partition coefficient (Wildman–Crippen LogP) is 2.46. The average molecular weight is 542 g/mol. The number of nitrogens with one attached hydrogen (secondary N) is 3. The van der Waals surface area contributed by atoms with Crippen molar-refractivity contribution in [1.29, 1.82) is 0 Å². The molecule has 2 aromatic heterocycles. The van der Waals surface area contributed by atoms with Crippen LogP contribution in [-0.4, -0.2) is 69.4 Å². The van der Waals surface area contributed by atoms with Crippen molar-refractivity contribution in [3.05, 3.63) is 77.6 Å². The minimum atomic E-state index is -0.429. The Kier molecular flexibility index (Phi) is 5.61. The molecule has 5 heterocycles. The van der Waals surface area contributed by atoms with E-state index in [2.05, 4.69) is 30.5 Å². The number of anilines is 2. The van der Waals surface area contributed by atoms with Crippen LogP contribution in [0.5, 0.6) is 5.75 Å². The van der Waals surface area contributed by atoms with Crippen molar-refractivity contribution in [3.8, 4) is 5.75 Å². The SMILES string of the molecule is O=C1COc2ccc(CNC(=O)c3ncnc4c(C(=O)N5C[C@@H]6C[C@H]5CN6c5ccc(F)cc5)c[nH]c34)cc2N1. The second-order valence-corrected chi connectivity index (χ2v) is 10.1. The molecule has 2 aromatic carbocycles. The Bertz CT molecular complexity index is 1670. The summed E-state index contributed by atoms with van der Waals surface area (Å²) >= 11 is 0. The molecule has 0 spiro atoms. The number of piperazine rings is 1. The molecule has 0 aliphatic carbocycles. The molecule has 3 N–H and O–H groups in total. The van der Waals surface area contributed by atoms with Crippen LogP contribution in [0.3, 0.4) is 0 Å². The second kappa shape index (κ2) is 9.33. The standard InChI is InChI=1S/C28H24FN7O4/c29-16-2-4-17(5-3-16)35-11-19-8-18(35)12-36(19)28(39)20-10-30-25-24(20)32-14-33-26(25)27(38)31-9-15-1-6-22-21(7-15)34-23(37)13-40-22/h1-7,10,14,18-19,30H,8-9,11-13H2,(H,31,38)(H,34,37)/t18-,19-/m0/s1. The molecule has 3 amide bonds. The molecule has 2 bridgehead atoms. The Labute approximate surface area is 227 Å². The van der Waals surface area contributed by atoms with Crippen molar-refractivity contribution in [2.45, 2.75) is 25.0 Å². The highest BCUT2D eigenvalue weighted by atomic mass is 19.1. The van der Waals surface area contributed by atoms with Gasteiger partial charge in [-0.2, -0.15) is 0 Å². The lowest BCUT2D eigenvalue weighted by atomic mass is 10.1. The summed E-state index contributed by atoms with van der Waals surface area (Å²) in [5, 5.41) is 5.59. The number of halogens is 1. The largest absolute Gasteiger partial charge is 0.482 e. The molecule has 3 aliphatic heterocycles. The maximum absolute atomic E-state index is 13.6. The van der Waals surface area contributed by atoms with E-state index in [9.17, 15) is 18.8 Å². The number of aromatic nitrogens is 3. The highest BCUT2D eigenvalue weighted by Gasteiger charge is 2.46. The highest BCUT2D eigenvalue weighted by Crippen LogP contribution is 2.36. The number of ether oxygens (including phenoxy) is 1. The van der Waals surface area contributed by atoms with Crippen LogP contribution >= 0.6 is 0 Å². The van der Waals surface area contributed by atoms with Gasteiger partial charge in [-0.1, -0.05) is 6.07 Å². The number of H-pyrrole nitrogens is 1. The van der Waals surface area contributed by atoms with Crippen LogP contribution in [0.1, 0.15) is 32.8 Å². The van der Waals surface area contributed by atoms with Crippen molar-refractivity contribution in [3.63, 3.8) is 0 Å². The van der Waals surface area contributed by atoms with Crippen LogP contribution in [0, 0.1) is 5.82 Å². The van der Waals surface area contributed by atoms with Gasteiger partial charge in [0.05, 0.1) is 22.8 Å². The van der Waals surface area contributed by atoms with Gasteiger partial charge in [0.25, 0.3) is 17.7 Å². The second-order valence-electron chi connectivity index (χ2n) is 10.1. The lowest BCUT2D eigenvalue weighted by Gasteiger charge is -2.35. The van der Waals surface area contributed by atoms with Gasteiger partial charge in [-0.15, -0.1) is 0 Å². The molecule has 4 aromatic rings. The molecular formula is C28H24FN7O4. The van der Waals surface area contributed by atoms with Crippen molar-refractivity contribution in [2.75, 3.05) is 29.9 Å². The van der Waals surface area contributed by atoms with Crippen LogP contribution in [0.25, 0.3) is 11.0 Å². The third kappa shape index (κ3) is 4.08. The van der Waals surface area contributed by atoms with Crippen LogP contribution in [0.4, 0.5) is 15.8 Å². The summed E-state index contributed by atoms with van der Waals surface area (Å²) in [5.41, 5.74) is 3.55. The van der Waals surface area contributed by atoms with Gasteiger partial charge in [-0.05, 0) is 48.4 Å². The molecule has 40 heavy (non-hydrogen) atoms. The lowest BCUT2D eigenvalue weighted by Crippen LogP contribution is -2.48. The van der Waals surface area contributed by atoms with E-state index in [-0.39, 0.29) is 48.6 Å². The van der Waals surface area contributed by atoms with Gasteiger partial charge in [-0.25, -0.2) is 14.4 Å². The smallest absolute Gasteiger partial charge is 0.272 e. The van der Waals surface area contributed by atoms with Gasteiger partial charge in [0.15, 0.2) is 12.3 Å². The van der Waals surface area contributed by atoms with Crippen LogP contribution < -0.4 is 20.3 Å². The monoisotopic (exact) mass is 541 g/mol. The summed E-state index contributed by atoms with van der Waals surface area (Å²) < 4.78 is 18.7. The number of fused-ring (bicyclic) bond motifs is 4. The summed E-state index contributed by atoms with van der Waals surface area (Å²) in [6.45, 7) is 1.39. The number of likely N-dealkylation sites (tertiary alicyclic amines) is 1. The van der Waals surface area contributed by atoms with E-state index in [0.29, 0.717) is 41.1 Å². The number of rotatable bonds is 5. The number of carbonyl (C=O) groups is 3. The summed E-state index contributed by atoms with van der Waals surface area (Å²) in [7, 11) is 0. The molecule has 7 rings (SSSR count). The Balaban J connectivity index is 1.05. The van der Waals surface area contributed by atoms with Crippen molar-refractivity contribution < 1.29 is 23.5 Å². The van der Waals surface area contributed by atoms with E-state index in [4.69, 9.17) is 4.74 Å². The zero-order valence-corrected chi connectivity index (χ0v) is 21.2. The molecule has 2 fully saturated rings. The summed E-state index contributed by atoms with van der Waals surface area (Å²) in [6.07, 6.45) is 3.70. The van der Waals surface area contributed by atoms with Crippen LogP contribution in [0.2, 0.25) is 0 Å². The molecule has 0 unspecified atom stereocenters. The normalized spacial score (nSPS) is 19.4. The number of hydrogen-bond acceptors (Lipinski definition) is 7. The maximum atomic E-state index is 13.6. The molecule has 12 heteroatoms. The number of carbonyl (C=O) groups excluding carboxylic acids is 3. The van der Waals surface area contributed by atoms with E-state index in [0.717, 1.165) is 17.7 Å². The zero-order valence-electron chi connectivity index (χ0n) is 21.2. The topological polar surface area (TPSA) is 133 Å². The number of hydrogen-bond donors (Lipinski definition) is 3. The first kappa shape index (κ1) is 24.1. The Morgan fingerprint density at radius 3 is 2.75 bits per heavy atom. The van der Waals surface area contributed by atoms with E-state index < -0.39 is 5.91 Å². The molecule has 202 valence electrons. The molecule has 11 nitrogen and oxygen atoms in total. The number of aromatic amines is 1. The van der Waals surface area contributed by atoms with Gasteiger partial charge in [0.1, 0.15) is 23.4 Å². The molecule has 0 saturated carbocycles. The average Bonchev–Trinajstić information content (AvgIpc) is 3.70. The third-order valence-corrected chi connectivity index (χ3v) is 7.70. The van der Waals surface area contributed by atoms with Gasteiger partial charge in [0.2, 0.25) is 0 Å². The first-order valence-corrected chi connectivity index (χ1v) is 12.9. The van der Waals surface area contributed by atoms with E-state index in [1.54, 1.807) is 36.5 Å². The Morgan fingerprint density at radius 2 is 1.95 bits per heavy atom.